The van der Waals surface area contributed by atoms with Crippen LogP contribution in [0.15, 0.2) is 24.3 Å². The first-order chi connectivity index (χ1) is 9.19. The van der Waals surface area contributed by atoms with Crippen LogP contribution in [0.4, 0.5) is 0 Å². The van der Waals surface area contributed by atoms with E-state index in [1.165, 1.54) is 0 Å². The van der Waals surface area contributed by atoms with Crippen molar-refractivity contribution < 1.29 is 14.3 Å². The topological polar surface area (TPSA) is 38.8 Å². The van der Waals surface area contributed by atoms with E-state index in [1.54, 1.807) is 12.0 Å². The van der Waals surface area contributed by atoms with Crippen molar-refractivity contribution in [1.29, 1.82) is 0 Å². The van der Waals surface area contributed by atoms with Gasteiger partial charge < -0.3 is 14.4 Å². The number of hydrogen-bond donors (Lipinski definition) is 0. The van der Waals surface area contributed by atoms with E-state index in [2.05, 4.69) is 0 Å². The number of likely N-dealkylation sites (N-methyl/N-ethyl adjacent to an activating group) is 1. The van der Waals surface area contributed by atoms with Crippen molar-refractivity contribution >= 4 is 5.91 Å². The average molecular weight is 263 g/mol. The lowest BCUT2D eigenvalue weighted by molar-refractivity contribution is -0.130. The fraction of sp³-hybridized carbons (Fsp3) is 0.533. The zero-order valence-electron chi connectivity index (χ0n) is 11.6. The Labute approximate surface area is 114 Å². The second-order valence-corrected chi connectivity index (χ2v) is 4.94. The monoisotopic (exact) mass is 263 g/mol. The molecular formula is C15H21NO3. The molecule has 1 fully saturated rings. The van der Waals surface area contributed by atoms with Crippen LogP contribution in [0.25, 0.3) is 0 Å². The van der Waals surface area contributed by atoms with E-state index in [0.29, 0.717) is 13.0 Å². The molecule has 0 saturated carbocycles. The molecule has 2 rings (SSSR count). The van der Waals surface area contributed by atoms with Gasteiger partial charge in [0.2, 0.25) is 5.91 Å². The molecule has 1 heterocycles. The summed E-state index contributed by atoms with van der Waals surface area (Å²) in [4.78, 5) is 13.9. The highest BCUT2D eigenvalue weighted by molar-refractivity contribution is 5.78. The zero-order chi connectivity index (χ0) is 13.7. The van der Waals surface area contributed by atoms with Crippen LogP contribution in [0.2, 0.25) is 0 Å². The standard InChI is InChI=1S/C15H21NO3/c1-16(11-14-7-4-8-19-14)15(17)10-12-5-3-6-13(9-12)18-2/h3,5-6,9,14H,4,7-8,10-11H2,1-2H3. The lowest BCUT2D eigenvalue weighted by atomic mass is 10.1. The van der Waals surface area contributed by atoms with Crippen molar-refractivity contribution in [2.75, 3.05) is 27.3 Å². The van der Waals surface area contributed by atoms with Gasteiger partial charge in [0.05, 0.1) is 19.6 Å². The Kier molecular flexibility index (Phi) is 4.80. The average Bonchev–Trinajstić information content (AvgIpc) is 2.91. The molecular weight excluding hydrogens is 242 g/mol. The SMILES string of the molecule is COc1cccc(CC(=O)N(C)CC2CCCO2)c1. The Balaban J connectivity index is 1.88. The zero-order valence-corrected chi connectivity index (χ0v) is 11.6. The minimum atomic E-state index is 0.115. The maximum atomic E-state index is 12.1. The lowest BCUT2D eigenvalue weighted by Gasteiger charge is -2.21. The lowest BCUT2D eigenvalue weighted by Crippen LogP contribution is -2.35. The summed E-state index contributed by atoms with van der Waals surface area (Å²) in [5.41, 5.74) is 0.976. The normalized spacial score (nSPS) is 18.3. The van der Waals surface area contributed by atoms with Crippen molar-refractivity contribution in [2.45, 2.75) is 25.4 Å². The van der Waals surface area contributed by atoms with E-state index in [4.69, 9.17) is 9.47 Å². The Morgan fingerprint density at radius 2 is 2.37 bits per heavy atom. The quantitative estimate of drug-likeness (QED) is 0.814. The van der Waals surface area contributed by atoms with E-state index in [1.807, 2.05) is 31.3 Å². The molecule has 4 nitrogen and oxygen atoms in total. The Morgan fingerprint density at radius 1 is 1.53 bits per heavy atom. The van der Waals surface area contributed by atoms with Crippen LogP contribution in [0.3, 0.4) is 0 Å². The molecule has 104 valence electrons. The minimum Gasteiger partial charge on any atom is -0.497 e. The second kappa shape index (κ2) is 6.57. The third-order valence-electron chi connectivity index (χ3n) is 3.42. The van der Waals surface area contributed by atoms with Crippen LogP contribution in [0.5, 0.6) is 5.75 Å². The molecule has 0 spiro atoms. The van der Waals surface area contributed by atoms with Crippen molar-refractivity contribution in [1.82, 2.24) is 4.90 Å². The summed E-state index contributed by atoms with van der Waals surface area (Å²) in [6, 6.07) is 7.63. The van der Waals surface area contributed by atoms with Crippen molar-refractivity contribution in [3.8, 4) is 5.75 Å². The van der Waals surface area contributed by atoms with Crippen LogP contribution in [-0.4, -0.2) is 44.2 Å². The number of carbonyl (C=O) groups excluding carboxylic acids is 1. The second-order valence-electron chi connectivity index (χ2n) is 4.94. The molecule has 0 aromatic heterocycles. The molecule has 19 heavy (non-hydrogen) atoms. The Hall–Kier alpha value is -1.55. The Bertz CT molecular complexity index is 427. The summed E-state index contributed by atoms with van der Waals surface area (Å²) in [5, 5.41) is 0. The molecule has 1 aromatic carbocycles. The minimum absolute atomic E-state index is 0.115. The van der Waals surface area contributed by atoms with Crippen molar-refractivity contribution in [3.05, 3.63) is 29.8 Å². The highest BCUT2D eigenvalue weighted by Gasteiger charge is 2.20. The molecule has 1 saturated heterocycles. The van der Waals surface area contributed by atoms with Crippen molar-refractivity contribution in [2.24, 2.45) is 0 Å². The van der Waals surface area contributed by atoms with Gasteiger partial charge >= 0.3 is 0 Å². The van der Waals surface area contributed by atoms with E-state index in [-0.39, 0.29) is 12.0 Å². The number of ether oxygens (including phenoxy) is 2. The van der Waals surface area contributed by atoms with Crippen LogP contribution < -0.4 is 4.74 Å². The first-order valence-corrected chi connectivity index (χ1v) is 6.67. The molecule has 0 N–H and O–H groups in total. The maximum Gasteiger partial charge on any atom is 0.226 e. The molecule has 1 atom stereocenters. The number of hydrogen-bond acceptors (Lipinski definition) is 3. The van der Waals surface area contributed by atoms with Crippen LogP contribution in [-0.2, 0) is 16.0 Å². The molecule has 0 aliphatic carbocycles. The summed E-state index contributed by atoms with van der Waals surface area (Å²) in [6.07, 6.45) is 2.76. The molecule has 1 aromatic rings. The summed E-state index contributed by atoms with van der Waals surface area (Å²) < 4.78 is 10.7. The number of amides is 1. The van der Waals surface area contributed by atoms with Crippen LogP contribution >= 0.6 is 0 Å². The predicted octanol–water partition coefficient (Wildman–Crippen LogP) is 1.88. The Morgan fingerprint density at radius 3 is 3.05 bits per heavy atom. The fourth-order valence-corrected chi connectivity index (χ4v) is 2.29. The van der Waals surface area contributed by atoms with E-state index in [9.17, 15) is 4.79 Å². The first-order valence-electron chi connectivity index (χ1n) is 6.67. The van der Waals surface area contributed by atoms with Crippen LogP contribution in [0, 0.1) is 0 Å². The van der Waals surface area contributed by atoms with Gasteiger partial charge in [0.15, 0.2) is 0 Å². The van der Waals surface area contributed by atoms with Gasteiger partial charge in [-0.1, -0.05) is 12.1 Å². The molecule has 1 amide bonds. The van der Waals surface area contributed by atoms with E-state index >= 15 is 0 Å². The molecule has 4 heteroatoms. The number of rotatable bonds is 5. The molecule has 1 unspecified atom stereocenters. The van der Waals surface area contributed by atoms with Gasteiger partial charge in [-0.05, 0) is 30.5 Å². The molecule has 0 bridgehead atoms. The van der Waals surface area contributed by atoms with Crippen LogP contribution in [0.1, 0.15) is 18.4 Å². The number of carbonyl (C=O) groups is 1. The summed E-state index contributed by atoms with van der Waals surface area (Å²) in [5.74, 6) is 0.899. The highest BCUT2D eigenvalue weighted by atomic mass is 16.5. The van der Waals surface area contributed by atoms with Gasteiger partial charge in [-0.2, -0.15) is 0 Å². The fourth-order valence-electron chi connectivity index (χ4n) is 2.29. The van der Waals surface area contributed by atoms with Gasteiger partial charge in [0.25, 0.3) is 0 Å². The largest absolute Gasteiger partial charge is 0.497 e. The third-order valence-corrected chi connectivity index (χ3v) is 3.42. The number of methoxy groups -OCH3 is 1. The van der Waals surface area contributed by atoms with E-state index in [0.717, 1.165) is 30.8 Å². The molecule has 0 radical (unpaired) electrons. The summed E-state index contributed by atoms with van der Waals surface area (Å²) >= 11 is 0. The third kappa shape index (κ3) is 3.96. The van der Waals surface area contributed by atoms with Gasteiger partial charge in [0.1, 0.15) is 5.75 Å². The maximum absolute atomic E-state index is 12.1. The summed E-state index contributed by atoms with van der Waals surface area (Å²) in [7, 11) is 3.47. The molecule has 1 aliphatic heterocycles. The number of benzene rings is 1. The van der Waals surface area contributed by atoms with Gasteiger partial charge in [-0.3, -0.25) is 4.79 Å². The predicted molar refractivity (Wildman–Crippen MR) is 73.3 cm³/mol. The molecule has 1 aliphatic rings. The van der Waals surface area contributed by atoms with E-state index < -0.39 is 0 Å². The smallest absolute Gasteiger partial charge is 0.226 e. The summed E-state index contributed by atoms with van der Waals surface area (Å²) in [6.45, 7) is 1.51. The van der Waals surface area contributed by atoms with Gasteiger partial charge in [0, 0.05) is 20.2 Å². The highest BCUT2D eigenvalue weighted by Crippen LogP contribution is 2.15. The van der Waals surface area contributed by atoms with Crippen molar-refractivity contribution in [3.63, 3.8) is 0 Å². The van der Waals surface area contributed by atoms with Gasteiger partial charge in [-0.25, -0.2) is 0 Å². The first kappa shape index (κ1) is 13.9. The number of nitrogens with zero attached hydrogens (tertiary/aromatic N) is 1. The van der Waals surface area contributed by atoms with Gasteiger partial charge in [-0.15, -0.1) is 0 Å².